The van der Waals surface area contributed by atoms with E-state index in [4.69, 9.17) is 17.2 Å². The summed E-state index contributed by atoms with van der Waals surface area (Å²) in [5.74, 6) is -8.14. The van der Waals surface area contributed by atoms with Gasteiger partial charge in [0.15, 0.2) is 5.96 Å². The zero-order valence-electron chi connectivity index (χ0n) is 41.1. The van der Waals surface area contributed by atoms with Crippen LogP contribution in [0.1, 0.15) is 99.0 Å². The quantitative estimate of drug-likeness (QED) is 0.0159. The van der Waals surface area contributed by atoms with Gasteiger partial charge in [0.2, 0.25) is 53.2 Å². The van der Waals surface area contributed by atoms with Crippen molar-refractivity contribution in [3.8, 4) is 5.75 Å². The van der Waals surface area contributed by atoms with Crippen LogP contribution in [0.3, 0.4) is 0 Å². The number of hydrogen-bond donors (Lipinski definition) is 15. The van der Waals surface area contributed by atoms with Gasteiger partial charge in [-0.05, 0) is 62.1 Å². The van der Waals surface area contributed by atoms with E-state index in [0.29, 0.717) is 24.8 Å². The van der Waals surface area contributed by atoms with Crippen molar-refractivity contribution in [1.29, 1.82) is 0 Å². The summed E-state index contributed by atoms with van der Waals surface area (Å²) in [7, 11) is 0. The topological polar surface area (TPSA) is 381 Å². The fourth-order valence-corrected chi connectivity index (χ4v) is 7.35. The number of primary amides is 1. The van der Waals surface area contributed by atoms with Crippen LogP contribution in [-0.4, -0.2) is 142 Å². The summed E-state index contributed by atoms with van der Waals surface area (Å²) in [4.78, 5) is 124. The summed E-state index contributed by atoms with van der Waals surface area (Å²) in [6.07, 6.45) is 0.218. The molecular weight excluding hydrogens is 949 g/mol. The van der Waals surface area contributed by atoms with Gasteiger partial charge in [-0.25, -0.2) is 0 Å². The van der Waals surface area contributed by atoms with Crippen molar-refractivity contribution in [2.75, 3.05) is 18.1 Å². The number of unbranched alkanes of at least 4 members (excludes halogenated alkanes) is 1. The minimum Gasteiger partial charge on any atom is -0.508 e. The van der Waals surface area contributed by atoms with Crippen LogP contribution < -0.4 is 59.7 Å². The standard InChI is InChI=1S/C45H76N12O11S2/c1-8-10-12-29(39(63)55-34(22-70)42(66)51-30(13-11-18-49-45(47)48)38(62)53-31(37(46)61)20-27-14-16-28(60)17-15-27)52-44(68)36(25(6)58)57-43(67)35(24(5)9-2)56-40(64)32(19-23(3)4)54-41(65)33(21-69)50-26(7)59/h14-17,23-25,29-36,58,60,69-70H,8-13,18-22H2,1-7H3,(H2,46,61)(H,50,59)(H,51,66)(H,52,68)(H,53,62)(H,54,65)(H,55,63)(H,56,64)(H,57,67)(H4,47,48,49)/t24-,25+,29-,30-,31-,32-,33+,34-,35-,36-/m0/s1. The first-order valence-corrected chi connectivity index (χ1v) is 24.6. The van der Waals surface area contributed by atoms with E-state index in [1.165, 1.54) is 26.0 Å². The third kappa shape index (κ3) is 22.7. The van der Waals surface area contributed by atoms with Crippen molar-refractivity contribution in [3.63, 3.8) is 0 Å². The molecule has 10 atom stereocenters. The van der Waals surface area contributed by atoms with Crippen molar-refractivity contribution in [2.45, 2.75) is 154 Å². The lowest BCUT2D eigenvalue weighted by molar-refractivity contribution is -0.137. The molecule has 9 amide bonds. The van der Waals surface area contributed by atoms with Gasteiger partial charge in [0, 0.05) is 31.4 Å². The molecule has 1 aromatic rings. The van der Waals surface area contributed by atoms with Gasteiger partial charge in [0.05, 0.1) is 6.10 Å². The summed E-state index contributed by atoms with van der Waals surface area (Å²) < 4.78 is 0. The Hall–Kier alpha value is -5.82. The van der Waals surface area contributed by atoms with Gasteiger partial charge in [-0.15, -0.1) is 0 Å². The number of phenolic OH excluding ortho intramolecular Hbond substituents is 1. The summed E-state index contributed by atoms with van der Waals surface area (Å²) in [6.45, 7) is 11.5. The number of benzene rings is 1. The number of amides is 9. The monoisotopic (exact) mass is 1020 g/mol. The van der Waals surface area contributed by atoms with Crippen molar-refractivity contribution >= 4 is 84.4 Å². The smallest absolute Gasteiger partial charge is 0.245 e. The van der Waals surface area contributed by atoms with Crippen LogP contribution in [0.15, 0.2) is 29.3 Å². The second-order valence-corrected chi connectivity index (χ2v) is 18.2. The Bertz CT molecular complexity index is 1940. The fraction of sp³-hybridized carbons (Fsp3) is 0.644. The first-order chi connectivity index (χ1) is 32.9. The Morgan fingerprint density at radius 1 is 0.600 bits per heavy atom. The Morgan fingerprint density at radius 3 is 1.51 bits per heavy atom. The highest BCUT2D eigenvalue weighted by molar-refractivity contribution is 7.80. The second-order valence-electron chi connectivity index (χ2n) is 17.5. The van der Waals surface area contributed by atoms with E-state index in [9.17, 15) is 53.4 Å². The van der Waals surface area contributed by atoms with Crippen LogP contribution in [0, 0.1) is 11.8 Å². The van der Waals surface area contributed by atoms with Crippen LogP contribution in [0.25, 0.3) is 0 Å². The van der Waals surface area contributed by atoms with Crippen molar-refractivity contribution in [3.05, 3.63) is 29.8 Å². The van der Waals surface area contributed by atoms with E-state index in [2.05, 4.69) is 72.8 Å². The number of aliphatic imine (C=N–C) groups is 1. The number of nitrogens with one attached hydrogen (secondary N) is 8. The predicted octanol–water partition coefficient (Wildman–Crippen LogP) is -2.11. The zero-order valence-corrected chi connectivity index (χ0v) is 42.9. The highest BCUT2D eigenvalue weighted by Crippen LogP contribution is 2.14. The number of thiol groups is 2. The van der Waals surface area contributed by atoms with Gasteiger partial charge in [-0.2, -0.15) is 25.3 Å². The summed E-state index contributed by atoms with van der Waals surface area (Å²) >= 11 is 8.40. The van der Waals surface area contributed by atoms with Crippen molar-refractivity contribution in [2.24, 2.45) is 34.0 Å². The van der Waals surface area contributed by atoms with Crippen LogP contribution in [-0.2, 0) is 49.6 Å². The number of aliphatic hydroxyl groups is 1. The van der Waals surface area contributed by atoms with E-state index >= 15 is 0 Å². The molecule has 23 nitrogen and oxygen atoms in total. The summed E-state index contributed by atoms with van der Waals surface area (Å²) in [5.41, 5.74) is 17.1. The van der Waals surface area contributed by atoms with Crippen LogP contribution >= 0.6 is 25.3 Å². The number of nitrogens with two attached hydrogens (primary N) is 3. The molecule has 0 aromatic heterocycles. The molecule has 1 rings (SSSR count). The van der Waals surface area contributed by atoms with Gasteiger partial charge >= 0.3 is 0 Å². The Balaban J connectivity index is 3.33. The maximum atomic E-state index is 14.0. The highest BCUT2D eigenvalue weighted by atomic mass is 32.1. The van der Waals surface area contributed by atoms with E-state index in [0.717, 1.165) is 0 Å². The molecule has 0 fully saturated rings. The molecule has 0 saturated heterocycles. The van der Waals surface area contributed by atoms with Crippen LogP contribution in [0.5, 0.6) is 5.75 Å². The van der Waals surface area contributed by atoms with E-state index < -0.39 is 114 Å². The van der Waals surface area contributed by atoms with E-state index in [1.54, 1.807) is 26.0 Å². The molecule has 0 bridgehead atoms. The molecule has 394 valence electrons. The van der Waals surface area contributed by atoms with Gasteiger partial charge in [0.1, 0.15) is 54.1 Å². The number of nitrogens with zero attached hydrogens (tertiary/aromatic N) is 1. The summed E-state index contributed by atoms with van der Waals surface area (Å²) in [5, 5.41) is 41.0. The number of rotatable bonds is 32. The molecule has 0 aliphatic carbocycles. The highest BCUT2D eigenvalue weighted by Gasteiger charge is 2.37. The number of aliphatic hydroxyl groups excluding tert-OH is 1. The lowest BCUT2D eigenvalue weighted by Gasteiger charge is -2.30. The largest absolute Gasteiger partial charge is 0.508 e. The average molecular weight is 1030 g/mol. The van der Waals surface area contributed by atoms with Crippen LogP contribution in [0.2, 0.25) is 0 Å². The fourth-order valence-electron chi connectivity index (χ4n) is 6.83. The number of hydrogen-bond acceptors (Lipinski definition) is 14. The summed E-state index contributed by atoms with van der Waals surface area (Å²) in [6, 6.07) is -4.38. The maximum absolute atomic E-state index is 14.0. The Morgan fingerprint density at radius 2 is 1.04 bits per heavy atom. The third-order valence-corrected chi connectivity index (χ3v) is 11.7. The lowest BCUT2D eigenvalue weighted by Crippen LogP contribution is -2.63. The van der Waals surface area contributed by atoms with Gasteiger partial charge in [-0.3, -0.25) is 48.1 Å². The van der Waals surface area contributed by atoms with Gasteiger partial charge in [-0.1, -0.05) is 66.0 Å². The molecule has 0 unspecified atom stereocenters. The van der Waals surface area contributed by atoms with Crippen LogP contribution in [0.4, 0.5) is 0 Å². The van der Waals surface area contributed by atoms with E-state index in [1.807, 2.05) is 20.8 Å². The number of carbonyl (C=O) groups is 9. The number of guanidine groups is 1. The van der Waals surface area contributed by atoms with Crippen molar-refractivity contribution in [1.82, 2.24) is 42.5 Å². The average Bonchev–Trinajstić information content (AvgIpc) is 3.29. The molecule has 0 aliphatic rings. The SMILES string of the molecule is CCCC[C@H](NC(=O)[C@@H](NC(=O)[C@@H](NC(=O)[C@H](CC(C)C)NC(=O)[C@@H](CS)NC(C)=O)[C@@H](C)CC)[C@@H](C)O)C(=O)N[C@@H](CS)C(=O)N[C@@H](CCCN=C(N)N)C(=O)N[C@@H](Cc1ccc(O)cc1)C(N)=O. The first-order valence-electron chi connectivity index (χ1n) is 23.3. The van der Waals surface area contributed by atoms with Gasteiger partial charge < -0.3 is 69.9 Å². The lowest BCUT2D eigenvalue weighted by atomic mass is 9.96. The Kier molecular flexibility index (Phi) is 28.6. The minimum absolute atomic E-state index is 0.0118. The number of phenols is 1. The maximum Gasteiger partial charge on any atom is 0.245 e. The second kappa shape index (κ2) is 32.1. The van der Waals surface area contributed by atoms with E-state index in [-0.39, 0.29) is 67.8 Å². The molecular formula is C45H76N12O11S2. The number of carbonyl (C=O) groups excluding carboxylic acids is 9. The number of aromatic hydroxyl groups is 1. The molecule has 1 aromatic carbocycles. The first kappa shape index (κ1) is 62.2. The molecule has 0 spiro atoms. The van der Waals surface area contributed by atoms with Crippen molar-refractivity contribution < 1.29 is 53.4 Å². The molecule has 16 N–H and O–H groups in total. The van der Waals surface area contributed by atoms with Gasteiger partial charge in [0.25, 0.3) is 0 Å². The molecule has 25 heteroatoms. The molecule has 0 heterocycles. The third-order valence-electron chi connectivity index (χ3n) is 11.0. The zero-order chi connectivity index (χ0) is 53.2. The molecule has 0 aliphatic heterocycles. The molecule has 70 heavy (non-hydrogen) atoms. The minimum atomic E-state index is -1.65. The molecule has 0 saturated carbocycles. The Labute approximate surface area is 420 Å². The molecule has 0 radical (unpaired) electrons. The normalized spacial score (nSPS) is 15.4. The predicted molar refractivity (Wildman–Crippen MR) is 270 cm³/mol.